The number of rotatable bonds is 2. The lowest BCUT2D eigenvalue weighted by atomic mass is 10.1. The van der Waals surface area contributed by atoms with Gasteiger partial charge in [0.1, 0.15) is 11.4 Å². The van der Waals surface area contributed by atoms with Crippen molar-refractivity contribution >= 4 is 17.0 Å². The molecule has 1 aliphatic carbocycles. The van der Waals surface area contributed by atoms with Crippen molar-refractivity contribution in [2.45, 2.75) is 51.6 Å². The molecule has 1 saturated carbocycles. The van der Waals surface area contributed by atoms with Crippen LogP contribution in [-0.4, -0.2) is 23.4 Å². The minimum Gasteiger partial charge on any atom is -0.497 e. The summed E-state index contributed by atoms with van der Waals surface area (Å²) in [5, 5.41) is 1.04. The Bertz CT molecular complexity index is 733. The number of carbonyl (C=O) groups is 1. The Labute approximate surface area is 131 Å². The summed E-state index contributed by atoms with van der Waals surface area (Å²) in [6.07, 6.45) is 1.88. The van der Waals surface area contributed by atoms with Crippen molar-refractivity contribution in [3.63, 3.8) is 0 Å². The molecule has 1 aromatic carbocycles. The summed E-state index contributed by atoms with van der Waals surface area (Å²) in [6.45, 7) is 7.85. The summed E-state index contributed by atoms with van der Waals surface area (Å²) >= 11 is 0. The van der Waals surface area contributed by atoms with Crippen molar-refractivity contribution in [2.24, 2.45) is 0 Å². The number of benzene rings is 1. The molecule has 1 aliphatic rings. The highest BCUT2D eigenvalue weighted by atomic mass is 16.6. The number of hydrogen-bond acceptors (Lipinski definition) is 3. The lowest BCUT2D eigenvalue weighted by Gasteiger charge is -2.22. The second-order valence-corrected chi connectivity index (χ2v) is 7.33. The Morgan fingerprint density at radius 2 is 1.91 bits per heavy atom. The number of hydrogen-bond donors (Lipinski definition) is 0. The molecular weight excluding hydrogens is 278 g/mol. The molecule has 0 aliphatic heterocycles. The Hall–Kier alpha value is -1.97. The third-order valence-electron chi connectivity index (χ3n) is 4.21. The summed E-state index contributed by atoms with van der Waals surface area (Å²) in [4.78, 5) is 12.7. The monoisotopic (exact) mass is 301 g/mol. The zero-order chi connectivity index (χ0) is 16.1. The third-order valence-corrected chi connectivity index (χ3v) is 4.21. The molecule has 1 aromatic heterocycles. The molecule has 3 rings (SSSR count). The first kappa shape index (κ1) is 14.9. The molecule has 2 aromatic rings. The fourth-order valence-corrected chi connectivity index (χ4v) is 2.70. The van der Waals surface area contributed by atoms with Crippen LogP contribution >= 0.6 is 0 Å². The molecule has 4 heteroatoms. The fraction of sp³-hybridized carbons (Fsp3) is 0.500. The highest BCUT2D eigenvalue weighted by Gasteiger charge is 2.43. The fourth-order valence-electron chi connectivity index (χ4n) is 2.70. The van der Waals surface area contributed by atoms with Crippen molar-refractivity contribution in [1.82, 2.24) is 4.57 Å². The van der Waals surface area contributed by atoms with Crippen LogP contribution in [0.1, 0.15) is 46.2 Å². The van der Waals surface area contributed by atoms with Crippen LogP contribution in [0, 0.1) is 0 Å². The number of fused-ring (bicyclic) bond motifs is 1. The average molecular weight is 301 g/mol. The minimum absolute atomic E-state index is 0.0726. The summed E-state index contributed by atoms with van der Waals surface area (Å²) in [5.41, 5.74) is 1.43. The van der Waals surface area contributed by atoms with Crippen LogP contribution < -0.4 is 4.74 Å². The van der Waals surface area contributed by atoms with Gasteiger partial charge in [-0.25, -0.2) is 9.36 Å². The molecule has 1 fully saturated rings. The Morgan fingerprint density at radius 3 is 2.45 bits per heavy atom. The molecule has 0 N–H and O–H groups in total. The van der Waals surface area contributed by atoms with Crippen molar-refractivity contribution in [3.8, 4) is 5.75 Å². The molecule has 0 saturated heterocycles. The second kappa shape index (κ2) is 4.77. The first-order valence-corrected chi connectivity index (χ1v) is 7.67. The van der Waals surface area contributed by atoms with E-state index in [0.29, 0.717) is 0 Å². The van der Waals surface area contributed by atoms with Gasteiger partial charge in [0.05, 0.1) is 12.6 Å². The largest absolute Gasteiger partial charge is 0.497 e. The zero-order valence-corrected chi connectivity index (χ0v) is 13.9. The van der Waals surface area contributed by atoms with Gasteiger partial charge < -0.3 is 9.47 Å². The topological polar surface area (TPSA) is 40.5 Å². The molecule has 1 heterocycles. The van der Waals surface area contributed by atoms with E-state index in [1.165, 1.54) is 0 Å². The van der Waals surface area contributed by atoms with Crippen LogP contribution in [0.25, 0.3) is 10.9 Å². The van der Waals surface area contributed by atoms with Crippen molar-refractivity contribution in [3.05, 3.63) is 30.0 Å². The normalized spacial score (nSPS) is 16.6. The molecular formula is C18H23NO3. The van der Waals surface area contributed by atoms with Gasteiger partial charge in [-0.1, -0.05) is 6.92 Å². The summed E-state index contributed by atoms with van der Waals surface area (Å²) in [7, 11) is 1.63. The molecule has 118 valence electrons. The molecule has 0 amide bonds. The van der Waals surface area contributed by atoms with Gasteiger partial charge >= 0.3 is 6.09 Å². The first-order valence-electron chi connectivity index (χ1n) is 7.67. The van der Waals surface area contributed by atoms with E-state index < -0.39 is 5.60 Å². The average Bonchev–Trinajstić information content (AvgIpc) is 3.04. The highest BCUT2D eigenvalue weighted by molar-refractivity contribution is 5.92. The third kappa shape index (κ3) is 2.58. The predicted molar refractivity (Wildman–Crippen MR) is 86.7 cm³/mol. The number of methoxy groups -OCH3 is 1. The van der Waals surface area contributed by atoms with Gasteiger partial charge in [-0.2, -0.15) is 0 Å². The van der Waals surface area contributed by atoms with Crippen molar-refractivity contribution in [2.75, 3.05) is 7.11 Å². The van der Waals surface area contributed by atoms with E-state index >= 15 is 0 Å². The van der Waals surface area contributed by atoms with E-state index in [1.54, 1.807) is 11.7 Å². The van der Waals surface area contributed by atoms with E-state index in [0.717, 1.165) is 35.2 Å². The van der Waals surface area contributed by atoms with Crippen LogP contribution in [0.15, 0.2) is 24.3 Å². The van der Waals surface area contributed by atoms with E-state index in [-0.39, 0.29) is 11.5 Å². The van der Waals surface area contributed by atoms with E-state index in [1.807, 2.05) is 39.0 Å². The molecule has 22 heavy (non-hydrogen) atoms. The van der Waals surface area contributed by atoms with Gasteiger partial charge in [-0.05, 0) is 51.8 Å². The minimum atomic E-state index is -0.520. The van der Waals surface area contributed by atoms with Gasteiger partial charge in [0.2, 0.25) is 0 Å². The number of ether oxygens (including phenoxy) is 2. The van der Waals surface area contributed by atoms with Gasteiger partial charge in [0.15, 0.2) is 0 Å². The van der Waals surface area contributed by atoms with E-state index in [9.17, 15) is 4.79 Å². The Kier molecular flexibility index (Phi) is 3.24. The predicted octanol–water partition coefficient (Wildman–Crippen LogP) is 4.48. The van der Waals surface area contributed by atoms with Crippen molar-refractivity contribution in [1.29, 1.82) is 0 Å². The quantitative estimate of drug-likeness (QED) is 0.821. The molecule has 4 nitrogen and oxygen atoms in total. The van der Waals surface area contributed by atoms with Gasteiger partial charge in [0.25, 0.3) is 0 Å². The van der Waals surface area contributed by atoms with Gasteiger partial charge in [-0.15, -0.1) is 0 Å². The van der Waals surface area contributed by atoms with Crippen LogP contribution in [0.5, 0.6) is 5.75 Å². The standard InChI is InChI=1S/C18H23NO3/c1-17(2,3)22-16(20)19-14-11-13(21-5)7-6-12(14)10-15(19)18(4)8-9-18/h6-7,10-11H,8-9H2,1-5H3. The zero-order valence-electron chi connectivity index (χ0n) is 13.9. The van der Waals surface area contributed by atoms with E-state index in [4.69, 9.17) is 9.47 Å². The molecule has 0 unspecified atom stereocenters. The van der Waals surface area contributed by atoms with E-state index in [2.05, 4.69) is 13.0 Å². The van der Waals surface area contributed by atoms with Crippen LogP contribution in [0.2, 0.25) is 0 Å². The summed E-state index contributed by atoms with van der Waals surface area (Å²) in [6, 6.07) is 7.91. The number of carbonyl (C=O) groups excluding carboxylic acids is 1. The van der Waals surface area contributed by atoms with Crippen LogP contribution in [-0.2, 0) is 10.2 Å². The molecule has 0 spiro atoms. The smallest absolute Gasteiger partial charge is 0.419 e. The number of nitrogens with zero attached hydrogens (tertiary/aromatic N) is 1. The lowest BCUT2D eigenvalue weighted by Crippen LogP contribution is -2.29. The maximum absolute atomic E-state index is 12.7. The molecule has 0 bridgehead atoms. The maximum Gasteiger partial charge on any atom is 0.419 e. The summed E-state index contributed by atoms with van der Waals surface area (Å²) in [5.74, 6) is 0.739. The highest BCUT2D eigenvalue weighted by Crippen LogP contribution is 2.49. The molecule has 0 radical (unpaired) electrons. The van der Waals surface area contributed by atoms with Crippen LogP contribution in [0.3, 0.4) is 0 Å². The number of aromatic nitrogens is 1. The first-order chi connectivity index (χ1) is 10.2. The van der Waals surface area contributed by atoms with Crippen LogP contribution in [0.4, 0.5) is 4.79 Å². The SMILES string of the molecule is COc1ccc2cc(C3(C)CC3)n(C(=O)OC(C)(C)C)c2c1. The summed E-state index contributed by atoms with van der Waals surface area (Å²) < 4.78 is 12.6. The van der Waals surface area contributed by atoms with Gasteiger partial charge in [-0.3, -0.25) is 0 Å². The lowest BCUT2D eigenvalue weighted by molar-refractivity contribution is 0.0538. The molecule has 0 atom stereocenters. The Balaban J connectivity index is 2.17. The van der Waals surface area contributed by atoms with Crippen molar-refractivity contribution < 1.29 is 14.3 Å². The Morgan fingerprint density at radius 1 is 1.23 bits per heavy atom. The van der Waals surface area contributed by atoms with Gasteiger partial charge in [0, 0.05) is 22.6 Å². The second-order valence-electron chi connectivity index (χ2n) is 7.33. The maximum atomic E-state index is 12.7.